The molecular formula is C20H25NOSi. The molecule has 0 radical (unpaired) electrons. The highest BCUT2D eigenvalue weighted by Crippen LogP contribution is 2.36. The average Bonchev–Trinajstić information content (AvgIpc) is 2.61. The smallest absolute Gasteiger partial charge is 0.252 e. The van der Waals surface area contributed by atoms with Crippen molar-refractivity contribution in [3.05, 3.63) is 60.7 Å². The topological polar surface area (TPSA) is 21.3 Å². The Morgan fingerprint density at radius 3 is 1.96 bits per heavy atom. The fourth-order valence-corrected chi connectivity index (χ4v) is 6.96. The normalized spacial score (nSPS) is 26.6. The summed E-state index contributed by atoms with van der Waals surface area (Å²) in [6.07, 6.45) is 4.04. The first kappa shape index (κ1) is 15.1. The Bertz CT molecular complexity index is 590. The van der Waals surface area contributed by atoms with Gasteiger partial charge in [0.05, 0.1) is 0 Å². The molecule has 2 aliphatic heterocycles. The Morgan fingerprint density at radius 2 is 1.48 bits per heavy atom. The molecule has 120 valence electrons. The lowest BCUT2D eigenvalue weighted by atomic mass is 9.72. The predicted molar refractivity (Wildman–Crippen MR) is 97.8 cm³/mol. The van der Waals surface area contributed by atoms with Crippen LogP contribution in [0.1, 0.15) is 19.3 Å². The van der Waals surface area contributed by atoms with Crippen molar-refractivity contribution < 1.29 is 4.43 Å². The number of hydrogen-bond donors (Lipinski definition) is 1. The quantitative estimate of drug-likeness (QED) is 0.854. The van der Waals surface area contributed by atoms with Gasteiger partial charge < -0.3 is 9.74 Å². The van der Waals surface area contributed by atoms with Crippen LogP contribution in [-0.4, -0.2) is 27.0 Å². The molecule has 1 saturated carbocycles. The molecule has 2 aromatic rings. The van der Waals surface area contributed by atoms with Gasteiger partial charge in [-0.15, -0.1) is 0 Å². The molecule has 3 heteroatoms. The molecule has 2 nitrogen and oxygen atoms in total. The molecule has 1 unspecified atom stereocenters. The number of piperidine rings is 2. The van der Waals surface area contributed by atoms with Gasteiger partial charge in [-0.25, -0.2) is 0 Å². The third kappa shape index (κ3) is 3.01. The van der Waals surface area contributed by atoms with Crippen LogP contribution in [0.2, 0.25) is 6.55 Å². The number of rotatable bonds is 5. The third-order valence-electron chi connectivity index (χ3n) is 5.55. The molecule has 2 aromatic carbocycles. The first-order valence-corrected chi connectivity index (χ1v) is 11.2. The number of fused-ring (bicyclic) bond motifs is 2. The minimum Gasteiger partial charge on any atom is -0.407 e. The summed E-state index contributed by atoms with van der Waals surface area (Å²) in [5.41, 5.74) is 0. The zero-order valence-electron chi connectivity index (χ0n) is 13.7. The number of nitrogens with one attached hydrogen (secondary N) is 1. The van der Waals surface area contributed by atoms with Gasteiger partial charge in [-0.1, -0.05) is 60.7 Å². The monoisotopic (exact) mass is 323 g/mol. The van der Waals surface area contributed by atoms with E-state index in [0.29, 0.717) is 6.04 Å². The molecule has 1 aliphatic carbocycles. The van der Waals surface area contributed by atoms with Crippen molar-refractivity contribution in [3.8, 4) is 0 Å². The summed E-state index contributed by atoms with van der Waals surface area (Å²) in [5, 5.41) is 6.46. The first-order valence-electron chi connectivity index (χ1n) is 8.75. The maximum absolute atomic E-state index is 6.69. The summed E-state index contributed by atoms with van der Waals surface area (Å²) in [6, 6.07) is 22.9. The van der Waals surface area contributed by atoms with Gasteiger partial charge in [-0.2, -0.15) is 0 Å². The fraction of sp³-hybridized carbons (Fsp3) is 0.400. The van der Waals surface area contributed by atoms with E-state index in [9.17, 15) is 0 Å². The second kappa shape index (κ2) is 6.23. The first-order chi connectivity index (χ1) is 11.2. The van der Waals surface area contributed by atoms with Crippen molar-refractivity contribution in [2.45, 2.75) is 37.9 Å². The van der Waals surface area contributed by atoms with E-state index in [4.69, 9.17) is 4.43 Å². The summed E-state index contributed by atoms with van der Waals surface area (Å²) in [6.45, 7) is 3.17. The van der Waals surface area contributed by atoms with Crippen molar-refractivity contribution in [3.63, 3.8) is 0 Å². The van der Waals surface area contributed by atoms with Crippen LogP contribution in [0.25, 0.3) is 0 Å². The average molecular weight is 324 g/mol. The lowest BCUT2D eigenvalue weighted by Gasteiger charge is -2.47. The summed E-state index contributed by atoms with van der Waals surface area (Å²) in [4.78, 5) is 0. The van der Waals surface area contributed by atoms with E-state index in [1.165, 1.54) is 29.6 Å². The van der Waals surface area contributed by atoms with Crippen molar-refractivity contribution >= 4 is 18.7 Å². The van der Waals surface area contributed by atoms with E-state index < -0.39 is 8.32 Å². The van der Waals surface area contributed by atoms with E-state index in [0.717, 1.165) is 18.6 Å². The van der Waals surface area contributed by atoms with E-state index in [2.05, 4.69) is 72.5 Å². The molecule has 1 atom stereocenters. The third-order valence-corrected chi connectivity index (χ3v) is 9.16. The van der Waals surface area contributed by atoms with Crippen LogP contribution in [0.4, 0.5) is 0 Å². The van der Waals surface area contributed by atoms with Crippen LogP contribution in [-0.2, 0) is 4.43 Å². The summed E-state index contributed by atoms with van der Waals surface area (Å²) >= 11 is 0. The number of hydrogen-bond acceptors (Lipinski definition) is 2. The summed E-state index contributed by atoms with van der Waals surface area (Å²) in [5.74, 6) is 0.941. The molecule has 0 amide bonds. The van der Waals surface area contributed by atoms with Crippen molar-refractivity contribution in [2.75, 3.05) is 6.61 Å². The lowest BCUT2D eigenvalue weighted by Crippen LogP contribution is -2.61. The predicted octanol–water partition coefficient (Wildman–Crippen LogP) is 2.53. The van der Waals surface area contributed by atoms with Crippen LogP contribution < -0.4 is 15.7 Å². The van der Waals surface area contributed by atoms with Gasteiger partial charge in [0.2, 0.25) is 0 Å². The highest BCUT2D eigenvalue weighted by Gasteiger charge is 2.40. The Hall–Kier alpha value is -1.42. The Labute approximate surface area is 140 Å². The zero-order valence-corrected chi connectivity index (χ0v) is 14.7. The molecule has 3 aliphatic rings. The van der Waals surface area contributed by atoms with Gasteiger partial charge in [0, 0.05) is 18.7 Å². The molecule has 5 rings (SSSR count). The van der Waals surface area contributed by atoms with Gasteiger partial charge in [0.25, 0.3) is 8.32 Å². The number of benzene rings is 2. The molecule has 2 saturated heterocycles. The SMILES string of the molecule is C[Si](OCC1CC2CC(C2)N1)(c1ccccc1)c1ccccc1. The molecule has 3 fully saturated rings. The van der Waals surface area contributed by atoms with Gasteiger partial charge >= 0.3 is 0 Å². The molecule has 0 aromatic heterocycles. The maximum Gasteiger partial charge on any atom is 0.252 e. The van der Waals surface area contributed by atoms with Gasteiger partial charge in [-0.05, 0) is 42.1 Å². The van der Waals surface area contributed by atoms with E-state index in [1.807, 2.05) is 0 Å². The Morgan fingerprint density at radius 1 is 0.913 bits per heavy atom. The van der Waals surface area contributed by atoms with Gasteiger partial charge in [0.15, 0.2) is 0 Å². The minimum absolute atomic E-state index is 0.534. The van der Waals surface area contributed by atoms with Crippen LogP contribution in [0.3, 0.4) is 0 Å². The highest BCUT2D eigenvalue weighted by atomic mass is 28.4. The van der Waals surface area contributed by atoms with Crippen LogP contribution >= 0.6 is 0 Å². The molecule has 2 heterocycles. The van der Waals surface area contributed by atoms with Gasteiger partial charge in [-0.3, -0.25) is 0 Å². The summed E-state index contributed by atoms with van der Waals surface area (Å²) in [7, 11) is -2.13. The Balaban J connectivity index is 1.55. The van der Waals surface area contributed by atoms with Crippen LogP contribution in [0.5, 0.6) is 0 Å². The second-order valence-corrected chi connectivity index (χ2v) is 10.7. The lowest BCUT2D eigenvalue weighted by molar-refractivity contribution is 0.0892. The van der Waals surface area contributed by atoms with Crippen molar-refractivity contribution in [2.24, 2.45) is 5.92 Å². The van der Waals surface area contributed by atoms with Crippen LogP contribution in [0.15, 0.2) is 60.7 Å². The van der Waals surface area contributed by atoms with Gasteiger partial charge in [0.1, 0.15) is 0 Å². The largest absolute Gasteiger partial charge is 0.407 e. The van der Waals surface area contributed by atoms with Crippen molar-refractivity contribution in [1.82, 2.24) is 5.32 Å². The molecular weight excluding hydrogens is 298 g/mol. The molecule has 0 spiro atoms. The maximum atomic E-state index is 6.69. The summed E-state index contributed by atoms with van der Waals surface area (Å²) < 4.78 is 6.69. The van der Waals surface area contributed by atoms with E-state index in [-0.39, 0.29) is 0 Å². The fourth-order valence-electron chi connectivity index (χ4n) is 4.10. The molecule has 23 heavy (non-hydrogen) atoms. The molecule has 1 N–H and O–H groups in total. The molecule has 2 bridgehead atoms. The van der Waals surface area contributed by atoms with E-state index in [1.54, 1.807) is 0 Å². The Kier molecular flexibility index (Phi) is 4.10. The minimum atomic E-state index is -2.13. The second-order valence-electron chi connectivity index (χ2n) is 7.21. The van der Waals surface area contributed by atoms with Crippen LogP contribution in [0, 0.1) is 5.92 Å². The zero-order chi connectivity index (χ0) is 15.7. The standard InChI is InChI=1S/C20H25NOSi/c1-23(19-8-4-2-5-9-19,20-10-6-3-7-11-20)22-15-18-14-16-12-17(13-16)21-18/h2-11,16-18,21H,12-15H2,1H3. The van der Waals surface area contributed by atoms with Crippen molar-refractivity contribution in [1.29, 1.82) is 0 Å². The highest BCUT2D eigenvalue weighted by molar-refractivity contribution is 6.96. The van der Waals surface area contributed by atoms with E-state index >= 15 is 0 Å².